The van der Waals surface area contributed by atoms with Gasteiger partial charge in [0.25, 0.3) is 5.89 Å². The summed E-state index contributed by atoms with van der Waals surface area (Å²) in [5.74, 6) is 0.434. The van der Waals surface area contributed by atoms with Crippen molar-refractivity contribution in [1.82, 2.24) is 4.98 Å². The highest BCUT2D eigenvalue weighted by Gasteiger charge is 2.16. The van der Waals surface area contributed by atoms with Crippen LogP contribution in [0.5, 0.6) is 0 Å². The van der Waals surface area contributed by atoms with Crippen molar-refractivity contribution in [3.8, 4) is 11.3 Å². The number of aromatic nitrogens is 1. The Morgan fingerprint density at radius 2 is 1.48 bits per heavy atom. The van der Waals surface area contributed by atoms with Gasteiger partial charge in [0.15, 0.2) is 5.76 Å². The zero-order valence-corrected chi connectivity index (χ0v) is 13.9. The Kier molecular flexibility index (Phi) is 4.03. The second kappa shape index (κ2) is 5.95. The number of halogens is 2. The van der Waals surface area contributed by atoms with Gasteiger partial charge < -0.3 is 4.42 Å². The number of oxazole rings is 1. The number of carbonyl (C=O) groups is 1. The molecule has 3 nitrogen and oxygen atoms in total. The van der Waals surface area contributed by atoms with E-state index in [2.05, 4.69) is 36.8 Å². The highest BCUT2D eigenvalue weighted by molar-refractivity contribution is 9.10. The molecular weight excluding hydrogens is 398 g/mol. The van der Waals surface area contributed by atoms with Crippen LogP contribution in [0.1, 0.15) is 16.2 Å². The minimum Gasteiger partial charge on any atom is -0.433 e. The molecule has 1 aromatic heterocycles. The molecule has 2 aromatic carbocycles. The summed E-state index contributed by atoms with van der Waals surface area (Å²) in [6, 6.07) is 14.7. The third-order valence-electron chi connectivity index (χ3n) is 2.94. The lowest BCUT2D eigenvalue weighted by molar-refractivity contribution is 0.100. The number of hydrogen-bond acceptors (Lipinski definition) is 3. The molecule has 1 heterocycles. The van der Waals surface area contributed by atoms with Crippen LogP contribution in [0.25, 0.3) is 11.3 Å². The number of carbonyl (C=O) groups excluding carboxylic acids is 1. The van der Waals surface area contributed by atoms with Gasteiger partial charge in [0.05, 0.1) is 6.20 Å². The summed E-state index contributed by atoms with van der Waals surface area (Å²) in [4.78, 5) is 16.4. The van der Waals surface area contributed by atoms with Gasteiger partial charge in [0, 0.05) is 20.1 Å². The molecule has 0 saturated carbocycles. The van der Waals surface area contributed by atoms with E-state index < -0.39 is 0 Å². The quantitative estimate of drug-likeness (QED) is 0.568. The number of hydrogen-bond donors (Lipinski definition) is 0. The van der Waals surface area contributed by atoms with E-state index in [9.17, 15) is 4.79 Å². The molecule has 0 aliphatic heterocycles. The van der Waals surface area contributed by atoms with Crippen LogP contribution < -0.4 is 0 Å². The first-order valence-electron chi connectivity index (χ1n) is 6.15. The van der Waals surface area contributed by atoms with Crippen molar-refractivity contribution in [3.63, 3.8) is 0 Å². The number of ketones is 1. The standard InChI is InChI=1S/C16H9Br2NO2/c17-12-5-1-10(2-6-12)14-9-19-16(21-14)15(20)11-3-7-13(18)8-4-11/h1-9H. The van der Waals surface area contributed by atoms with E-state index in [4.69, 9.17) is 4.42 Å². The molecule has 0 fully saturated rings. The number of benzene rings is 2. The smallest absolute Gasteiger partial charge is 0.268 e. The van der Waals surface area contributed by atoms with Gasteiger partial charge in [0.2, 0.25) is 5.78 Å². The Labute approximate surface area is 138 Å². The van der Waals surface area contributed by atoms with Gasteiger partial charge >= 0.3 is 0 Å². The first-order chi connectivity index (χ1) is 10.1. The summed E-state index contributed by atoms with van der Waals surface area (Å²) in [5.41, 5.74) is 1.42. The van der Waals surface area contributed by atoms with Crippen molar-refractivity contribution in [3.05, 3.63) is 75.1 Å². The van der Waals surface area contributed by atoms with Crippen LogP contribution in [0.15, 0.2) is 68.1 Å². The summed E-state index contributed by atoms with van der Waals surface area (Å²) in [6.07, 6.45) is 1.56. The van der Waals surface area contributed by atoms with Gasteiger partial charge in [-0.1, -0.05) is 44.0 Å². The summed E-state index contributed by atoms with van der Waals surface area (Å²) in [5, 5.41) is 0. The molecule has 104 valence electrons. The maximum atomic E-state index is 12.3. The van der Waals surface area contributed by atoms with Crippen LogP contribution in [-0.2, 0) is 0 Å². The van der Waals surface area contributed by atoms with Crippen molar-refractivity contribution in [2.24, 2.45) is 0 Å². The van der Waals surface area contributed by atoms with Crippen LogP contribution in [0, 0.1) is 0 Å². The Morgan fingerprint density at radius 3 is 2.10 bits per heavy atom. The van der Waals surface area contributed by atoms with E-state index in [1.165, 1.54) is 0 Å². The van der Waals surface area contributed by atoms with Crippen molar-refractivity contribution in [1.29, 1.82) is 0 Å². The summed E-state index contributed by atoms with van der Waals surface area (Å²) < 4.78 is 7.47. The van der Waals surface area contributed by atoms with Gasteiger partial charge in [-0.2, -0.15) is 0 Å². The molecule has 0 saturated heterocycles. The van der Waals surface area contributed by atoms with Crippen molar-refractivity contribution in [2.45, 2.75) is 0 Å². The fraction of sp³-hybridized carbons (Fsp3) is 0. The lowest BCUT2D eigenvalue weighted by Gasteiger charge is -1.98. The van der Waals surface area contributed by atoms with E-state index in [0.29, 0.717) is 11.3 Å². The highest BCUT2D eigenvalue weighted by Crippen LogP contribution is 2.23. The molecule has 0 unspecified atom stereocenters. The Hall–Kier alpha value is -1.72. The predicted molar refractivity (Wildman–Crippen MR) is 87.2 cm³/mol. The monoisotopic (exact) mass is 405 g/mol. The Balaban J connectivity index is 1.89. The second-order valence-electron chi connectivity index (χ2n) is 4.37. The minimum atomic E-state index is -0.231. The van der Waals surface area contributed by atoms with Crippen LogP contribution in [0.3, 0.4) is 0 Å². The van der Waals surface area contributed by atoms with Crippen molar-refractivity contribution >= 4 is 37.6 Å². The largest absolute Gasteiger partial charge is 0.433 e. The zero-order valence-electron chi connectivity index (χ0n) is 10.7. The summed E-state index contributed by atoms with van der Waals surface area (Å²) in [7, 11) is 0. The molecule has 0 aliphatic rings. The lowest BCUT2D eigenvalue weighted by Crippen LogP contribution is -2.00. The molecule has 0 amide bonds. The highest BCUT2D eigenvalue weighted by atomic mass is 79.9. The summed E-state index contributed by atoms with van der Waals surface area (Å²) in [6.45, 7) is 0. The molecule has 0 N–H and O–H groups in total. The van der Waals surface area contributed by atoms with Crippen LogP contribution in [-0.4, -0.2) is 10.8 Å². The third-order valence-corrected chi connectivity index (χ3v) is 3.99. The molecule has 0 bridgehead atoms. The summed E-state index contributed by atoms with van der Waals surface area (Å²) >= 11 is 6.72. The number of rotatable bonds is 3. The van der Waals surface area contributed by atoms with Crippen LogP contribution in [0.2, 0.25) is 0 Å². The molecular formula is C16H9Br2NO2. The second-order valence-corrected chi connectivity index (χ2v) is 6.20. The van der Waals surface area contributed by atoms with Crippen molar-refractivity contribution < 1.29 is 9.21 Å². The predicted octanol–water partition coefficient (Wildman–Crippen LogP) is 5.10. The van der Waals surface area contributed by atoms with Crippen LogP contribution in [0.4, 0.5) is 0 Å². The third kappa shape index (κ3) is 3.14. The lowest BCUT2D eigenvalue weighted by atomic mass is 10.1. The van der Waals surface area contributed by atoms with Gasteiger partial charge in [0.1, 0.15) is 0 Å². The average molecular weight is 407 g/mol. The van der Waals surface area contributed by atoms with Crippen LogP contribution >= 0.6 is 31.9 Å². The van der Waals surface area contributed by atoms with Gasteiger partial charge in [-0.15, -0.1) is 0 Å². The molecule has 0 radical (unpaired) electrons. The molecule has 5 heteroatoms. The number of nitrogens with zero attached hydrogens (tertiary/aromatic N) is 1. The topological polar surface area (TPSA) is 43.1 Å². The average Bonchev–Trinajstić information content (AvgIpc) is 2.98. The first-order valence-corrected chi connectivity index (χ1v) is 7.74. The molecule has 0 atom stereocenters. The molecule has 21 heavy (non-hydrogen) atoms. The fourth-order valence-corrected chi connectivity index (χ4v) is 2.38. The molecule has 3 aromatic rings. The van der Waals surface area contributed by atoms with Gasteiger partial charge in [-0.25, -0.2) is 4.98 Å². The zero-order chi connectivity index (χ0) is 14.8. The van der Waals surface area contributed by atoms with Gasteiger partial charge in [-0.3, -0.25) is 4.79 Å². The van der Waals surface area contributed by atoms with E-state index in [0.717, 1.165) is 14.5 Å². The van der Waals surface area contributed by atoms with E-state index in [1.807, 2.05) is 36.4 Å². The minimum absolute atomic E-state index is 0.0928. The van der Waals surface area contributed by atoms with Gasteiger partial charge in [-0.05, 0) is 36.4 Å². The van der Waals surface area contributed by atoms with E-state index in [-0.39, 0.29) is 11.7 Å². The Bertz CT molecular complexity index is 777. The maximum absolute atomic E-state index is 12.3. The SMILES string of the molecule is O=C(c1ccc(Br)cc1)c1ncc(-c2ccc(Br)cc2)o1. The molecule has 0 aliphatic carbocycles. The first kappa shape index (κ1) is 14.2. The Morgan fingerprint density at radius 1 is 0.905 bits per heavy atom. The molecule has 0 spiro atoms. The normalized spacial score (nSPS) is 10.6. The van der Waals surface area contributed by atoms with Crippen molar-refractivity contribution in [2.75, 3.05) is 0 Å². The fourth-order valence-electron chi connectivity index (χ4n) is 1.85. The van der Waals surface area contributed by atoms with E-state index in [1.54, 1.807) is 18.3 Å². The maximum Gasteiger partial charge on any atom is 0.268 e. The van der Waals surface area contributed by atoms with E-state index >= 15 is 0 Å². The molecule has 3 rings (SSSR count).